The first-order chi connectivity index (χ1) is 7.47. The maximum absolute atomic E-state index is 11.8. The molecule has 0 aliphatic rings. The van der Waals surface area contributed by atoms with Crippen LogP contribution in [-0.4, -0.2) is 17.1 Å². The average molecular weight is 262 g/mol. The van der Waals surface area contributed by atoms with Crippen LogP contribution in [0, 0.1) is 12.8 Å². The Hall–Kier alpha value is -1.07. The van der Waals surface area contributed by atoms with Crippen molar-refractivity contribution in [3.8, 4) is 0 Å². The highest BCUT2D eigenvalue weighted by atomic mass is 35.5. The smallest absolute Gasteiger partial charge is 0.228 e. The lowest BCUT2D eigenvalue weighted by Crippen LogP contribution is -2.34. The summed E-state index contributed by atoms with van der Waals surface area (Å²) in [5.74, 6) is 0.289. The Kier molecular flexibility index (Phi) is 6.20. The number of carbonyl (C=O) groups is 1. The Morgan fingerprint density at radius 2 is 2.12 bits per heavy atom. The second-order valence-corrected chi connectivity index (χ2v) is 4.05. The minimum atomic E-state index is -0.237. The standard InChI is InChI=1S/C11H19N3O2.ClH/c1-5-9-10(8(4)16-14-9)13-11(15)6(2)7(3)12;/h6-7H,5,12H2,1-4H3,(H,13,15);1H. The largest absolute Gasteiger partial charge is 0.359 e. The van der Waals surface area contributed by atoms with Crippen LogP contribution in [0.5, 0.6) is 0 Å². The zero-order valence-electron chi connectivity index (χ0n) is 10.6. The number of rotatable bonds is 4. The van der Waals surface area contributed by atoms with Crippen LogP contribution < -0.4 is 11.1 Å². The summed E-state index contributed by atoms with van der Waals surface area (Å²) in [6.45, 7) is 7.35. The van der Waals surface area contributed by atoms with Crippen molar-refractivity contribution >= 4 is 24.0 Å². The third kappa shape index (κ3) is 3.71. The van der Waals surface area contributed by atoms with Crippen molar-refractivity contribution in [1.29, 1.82) is 0 Å². The van der Waals surface area contributed by atoms with Crippen molar-refractivity contribution in [1.82, 2.24) is 5.16 Å². The zero-order chi connectivity index (χ0) is 12.3. The summed E-state index contributed by atoms with van der Waals surface area (Å²) in [6.07, 6.45) is 0.722. The highest BCUT2D eigenvalue weighted by molar-refractivity contribution is 5.93. The molecule has 98 valence electrons. The number of aromatic nitrogens is 1. The topological polar surface area (TPSA) is 81.2 Å². The van der Waals surface area contributed by atoms with Gasteiger partial charge in [0.2, 0.25) is 5.91 Å². The average Bonchev–Trinajstić information content (AvgIpc) is 2.58. The molecular formula is C11H20ClN3O2. The number of anilines is 1. The number of hydrogen-bond donors (Lipinski definition) is 2. The van der Waals surface area contributed by atoms with Crippen LogP contribution in [0.2, 0.25) is 0 Å². The van der Waals surface area contributed by atoms with Gasteiger partial charge in [0.05, 0.1) is 5.92 Å². The fraction of sp³-hybridized carbons (Fsp3) is 0.636. The molecule has 17 heavy (non-hydrogen) atoms. The molecule has 0 fully saturated rings. The van der Waals surface area contributed by atoms with Gasteiger partial charge in [-0.3, -0.25) is 4.79 Å². The Balaban J connectivity index is 0.00000256. The molecule has 2 unspecified atom stereocenters. The molecule has 0 radical (unpaired) electrons. The normalized spacial score (nSPS) is 13.7. The molecule has 2 atom stereocenters. The SMILES string of the molecule is CCc1noc(C)c1NC(=O)C(C)C(C)N.Cl. The van der Waals surface area contributed by atoms with Gasteiger partial charge in [-0.15, -0.1) is 12.4 Å². The van der Waals surface area contributed by atoms with E-state index in [0.29, 0.717) is 11.4 Å². The van der Waals surface area contributed by atoms with Crippen LogP contribution >= 0.6 is 12.4 Å². The van der Waals surface area contributed by atoms with Crippen LogP contribution in [0.15, 0.2) is 4.52 Å². The van der Waals surface area contributed by atoms with Crippen molar-refractivity contribution in [3.63, 3.8) is 0 Å². The lowest BCUT2D eigenvalue weighted by atomic mass is 10.0. The van der Waals surface area contributed by atoms with Gasteiger partial charge in [0.15, 0.2) is 5.76 Å². The molecule has 0 saturated carbocycles. The fourth-order valence-electron chi connectivity index (χ4n) is 1.30. The molecule has 0 saturated heterocycles. The van der Waals surface area contributed by atoms with E-state index in [2.05, 4.69) is 10.5 Å². The van der Waals surface area contributed by atoms with E-state index in [-0.39, 0.29) is 30.3 Å². The molecular weight excluding hydrogens is 242 g/mol. The molecule has 0 aliphatic heterocycles. The molecule has 6 heteroatoms. The number of nitrogens with two attached hydrogens (primary N) is 1. The third-order valence-corrected chi connectivity index (χ3v) is 2.72. The van der Waals surface area contributed by atoms with E-state index in [1.54, 1.807) is 13.8 Å². The van der Waals surface area contributed by atoms with Gasteiger partial charge in [-0.05, 0) is 20.3 Å². The maximum atomic E-state index is 11.8. The Labute approximate surface area is 108 Å². The van der Waals surface area contributed by atoms with Crippen molar-refractivity contribution in [3.05, 3.63) is 11.5 Å². The molecule has 1 rings (SSSR count). The molecule has 5 nitrogen and oxygen atoms in total. The Bertz CT molecular complexity index is 377. The molecule has 1 heterocycles. The number of carbonyl (C=O) groups excluding carboxylic acids is 1. The maximum Gasteiger partial charge on any atom is 0.228 e. The van der Waals surface area contributed by atoms with Crippen LogP contribution in [-0.2, 0) is 11.2 Å². The van der Waals surface area contributed by atoms with E-state index in [4.69, 9.17) is 10.3 Å². The third-order valence-electron chi connectivity index (χ3n) is 2.72. The van der Waals surface area contributed by atoms with Crippen molar-refractivity contribution in [2.75, 3.05) is 5.32 Å². The number of amides is 1. The summed E-state index contributed by atoms with van der Waals surface area (Å²) in [7, 11) is 0. The number of hydrogen-bond acceptors (Lipinski definition) is 4. The first-order valence-corrected chi connectivity index (χ1v) is 5.49. The second-order valence-electron chi connectivity index (χ2n) is 4.05. The fourth-order valence-corrected chi connectivity index (χ4v) is 1.30. The molecule has 3 N–H and O–H groups in total. The molecule has 0 aromatic carbocycles. The highest BCUT2D eigenvalue weighted by Crippen LogP contribution is 2.21. The minimum Gasteiger partial charge on any atom is -0.359 e. The molecule has 1 aromatic rings. The van der Waals surface area contributed by atoms with Gasteiger partial charge in [-0.1, -0.05) is 19.0 Å². The van der Waals surface area contributed by atoms with Gasteiger partial charge in [-0.25, -0.2) is 0 Å². The highest BCUT2D eigenvalue weighted by Gasteiger charge is 2.20. The van der Waals surface area contributed by atoms with Gasteiger partial charge in [0.1, 0.15) is 11.4 Å². The van der Waals surface area contributed by atoms with Gasteiger partial charge in [0.25, 0.3) is 0 Å². The first-order valence-electron chi connectivity index (χ1n) is 5.49. The molecule has 1 amide bonds. The van der Waals surface area contributed by atoms with Crippen LogP contribution in [0.1, 0.15) is 32.2 Å². The predicted molar refractivity (Wildman–Crippen MR) is 69.3 cm³/mol. The lowest BCUT2D eigenvalue weighted by Gasteiger charge is -2.15. The van der Waals surface area contributed by atoms with Crippen LogP contribution in [0.4, 0.5) is 5.69 Å². The second kappa shape index (κ2) is 6.61. The zero-order valence-corrected chi connectivity index (χ0v) is 11.4. The van der Waals surface area contributed by atoms with E-state index < -0.39 is 0 Å². The summed E-state index contributed by atoms with van der Waals surface area (Å²) in [4.78, 5) is 11.8. The summed E-state index contributed by atoms with van der Waals surface area (Å²) < 4.78 is 5.03. The van der Waals surface area contributed by atoms with Gasteiger partial charge >= 0.3 is 0 Å². The summed E-state index contributed by atoms with van der Waals surface area (Å²) in [5, 5.41) is 6.69. The minimum absolute atomic E-state index is 0. The predicted octanol–water partition coefficient (Wildman–Crippen LogP) is 1.89. The van der Waals surface area contributed by atoms with Crippen LogP contribution in [0.3, 0.4) is 0 Å². The van der Waals surface area contributed by atoms with E-state index in [0.717, 1.165) is 12.1 Å². The van der Waals surface area contributed by atoms with E-state index in [1.165, 1.54) is 0 Å². The summed E-state index contributed by atoms with van der Waals surface area (Å²) >= 11 is 0. The van der Waals surface area contributed by atoms with E-state index in [9.17, 15) is 4.79 Å². The molecule has 0 aliphatic carbocycles. The van der Waals surface area contributed by atoms with Crippen molar-refractivity contribution in [2.24, 2.45) is 11.7 Å². The number of nitrogens with zero attached hydrogens (tertiary/aromatic N) is 1. The number of halogens is 1. The van der Waals surface area contributed by atoms with Crippen molar-refractivity contribution < 1.29 is 9.32 Å². The van der Waals surface area contributed by atoms with Crippen molar-refractivity contribution in [2.45, 2.75) is 40.2 Å². The molecule has 0 spiro atoms. The molecule has 0 bridgehead atoms. The van der Waals surface area contributed by atoms with Gasteiger partial charge in [-0.2, -0.15) is 0 Å². The monoisotopic (exact) mass is 261 g/mol. The number of aryl methyl sites for hydroxylation is 2. The van der Waals surface area contributed by atoms with Gasteiger partial charge in [0, 0.05) is 6.04 Å². The van der Waals surface area contributed by atoms with E-state index in [1.807, 2.05) is 13.8 Å². The number of nitrogens with one attached hydrogen (secondary N) is 1. The van der Waals surface area contributed by atoms with Crippen LogP contribution in [0.25, 0.3) is 0 Å². The van der Waals surface area contributed by atoms with E-state index >= 15 is 0 Å². The quantitative estimate of drug-likeness (QED) is 0.867. The summed E-state index contributed by atoms with van der Waals surface area (Å²) in [5.41, 5.74) is 7.12. The first kappa shape index (κ1) is 15.9. The summed E-state index contributed by atoms with van der Waals surface area (Å²) in [6, 6.07) is -0.176. The molecule has 1 aromatic heterocycles. The Morgan fingerprint density at radius 1 is 1.53 bits per heavy atom. The Morgan fingerprint density at radius 3 is 2.59 bits per heavy atom. The lowest BCUT2D eigenvalue weighted by molar-refractivity contribution is -0.119. The van der Waals surface area contributed by atoms with Gasteiger partial charge < -0.3 is 15.6 Å².